The molecule has 4 nitrogen and oxygen atoms in total. The van der Waals surface area contributed by atoms with Crippen molar-refractivity contribution in [1.29, 1.82) is 0 Å². The minimum atomic E-state index is -0.944. The zero-order valence-corrected chi connectivity index (χ0v) is 5.26. The molecule has 1 radical (unpaired) electrons. The van der Waals surface area contributed by atoms with Gasteiger partial charge in [-0.25, -0.2) is 5.43 Å². The van der Waals surface area contributed by atoms with Crippen molar-refractivity contribution in [3.63, 3.8) is 0 Å². The van der Waals surface area contributed by atoms with E-state index in [1.54, 1.807) is 13.8 Å². The van der Waals surface area contributed by atoms with Gasteiger partial charge in [0.25, 0.3) is 11.8 Å². The zero-order chi connectivity index (χ0) is 7.07. The molecule has 0 spiro atoms. The highest BCUT2D eigenvalue weighted by Crippen LogP contribution is 2.18. The van der Waals surface area contributed by atoms with Crippen molar-refractivity contribution in [3.8, 4) is 0 Å². The Bertz CT molecular complexity index is 156. The van der Waals surface area contributed by atoms with Gasteiger partial charge in [0.15, 0.2) is 0 Å². The molecule has 1 aliphatic heterocycles. The monoisotopic (exact) mass is 127 g/mol. The Hall–Kier alpha value is -1.06. The molecule has 1 N–H and O–H groups in total. The summed E-state index contributed by atoms with van der Waals surface area (Å²) in [7, 11) is 0. The second kappa shape index (κ2) is 1.46. The number of nitrogens with one attached hydrogen (secondary N) is 1. The number of hydrogen-bond acceptors (Lipinski definition) is 2. The summed E-state index contributed by atoms with van der Waals surface area (Å²) < 4.78 is 0. The first kappa shape index (κ1) is 6.07. The van der Waals surface area contributed by atoms with Crippen LogP contribution in [-0.4, -0.2) is 11.8 Å². The molecule has 4 heteroatoms. The van der Waals surface area contributed by atoms with E-state index in [1.165, 1.54) is 0 Å². The molecule has 49 valence electrons. The first-order valence-corrected chi connectivity index (χ1v) is 2.61. The van der Waals surface area contributed by atoms with Gasteiger partial charge in [-0.15, -0.1) is 5.43 Å². The number of carbonyl (C=O) groups excluding carboxylic acids is 2. The predicted octanol–water partition coefficient (Wildman–Crippen LogP) is -0.812. The van der Waals surface area contributed by atoms with Gasteiger partial charge < -0.3 is 0 Å². The summed E-state index contributed by atoms with van der Waals surface area (Å²) in [4.78, 5) is 21.3. The smallest absolute Gasteiger partial charge is 0.272 e. The van der Waals surface area contributed by atoms with Crippen LogP contribution >= 0.6 is 0 Å². The van der Waals surface area contributed by atoms with Crippen molar-refractivity contribution >= 4 is 11.8 Å². The lowest BCUT2D eigenvalue weighted by molar-refractivity contribution is -0.133. The maximum Gasteiger partial charge on any atom is 0.277 e. The van der Waals surface area contributed by atoms with E-state index in [2.05, 4.69) is 10.9 Å². The third kappa shape index (κ3) is 0.667. The van der Waals surface area contributed by atoms with Crippen LogP contribution in [0.5, 0.6) is 0 Å². The number of nitrogens with zero attached hydrogens (tertiary/aromatic N) is 1. The van der Waals surface area contributed by atoms with Crippen LogP contribution in [0.3, 0.4) is 0 Å². The number of rotatable bonds is 0. The Morgan fingerprint density at radius 2 is 2.00 bits per heavy atom. The molecule has 0 aromatic heterocycles. The van der Waals surface area contributed by atoms with Crippen LogP contribution in [0.1, 0.15) is 13.8 Å². The van der Waals surface area contributed by atoms with Crippen molar-refractivity contribution in [3.05, 3.63) is 0 Å². The standard InChI is InChI=1S/C5H7N2O2/c1-5(2)3(8)6-7-4(5)9/h1-2H3,(H,6,8). The fraction of sp³-hybridized carbons (Fsp3) is 0.600. The Morgan fingerprint density at radius 1 is 1.44 bits per heavy atom. The minimum Gasteiger partial charge on any atom is -0.272 e. The topological polar surface area (TPSA) is 60.3 Å². The van der Waals surface area contributed by atoms with Gasteiger partial charge in [-0.2, -0.15) is 0 Å². The highest BCUT2D eigenvalue weighted by molar-refractivity contribution is 6.08. The molecule has 1 aliphatic rings. The van der Waals surface area contributed by atoms with Crippen LogP contribution in [0, 0.1) is 5.41 Å². The summed E-state index contributed by atoms with van der Waals surface area (Å²) in [5, 5.41) is 0. The lowest BCUT2D eigenvalue weighted by Crippen LogP contribution is -2.28. The Kier molecular flexibility index (Phi) is 0.986. The third-order valence-corrected chi connectivity index (χ3v) is 1.36. The average Bonchev–Trinajstić information content (AvgIpc) is 1.96. The van der Waals surface area contributed by atoms with Crippen LogP contribution in [0.25, 0.3) is 0 Å². The fourth-order valence-electron chi connectivity index (χ4n) is 0.478. The van der Waals surface area contributed by atoms with E-state index < -0.39 is 11.3 Å². The summed E-state index contributed by atoms with van der Waals surface area (Å²) in [5.41, 5.74) is 4.38. The van der Waals surface area contributed by atoms with Gasteiger partial charge in [-0.1, -0.05) is 0 Å². The normalized spacial score (nSPS) is 23.3. The maximum absolute atomic E-state index is 10.7. The molecule has 0 atom stereocenters. The van der Waals surface area contributed by atoms with Gasteiger partial charge in [0.05, 0.1) is 0 Å². The van der Waals surface area contributed by atoms with Gasteiger partial charge in [-0.3, -0.25) is 9.59 Å². The van der Waals surface area contributed by atoms with Gasteiger partial charge in [0.2, 0.25) is 0 Å². The molecule has 1 heterocycles. The van der Waals surface area contributed by atoms with Gasteiger partial charge in [0.1, 0.15) is 5.41 Å². The minimum absolute atomic E-state index is 0.326. The number of amides is 2. The van der Waals surface area contributed by atoms with Gasteiger partial charge in [0, 0.05) is 0 Å². The maximum atomic E-state index is 10.7. The molecular weight excluding hydrogens is 120 g/mol. The molecular formula is C5H7N2O2. The molecule has 0 aliphatic carbocycles. The summed E-state index contributed by atoms with van der Waals surface area (Å²) >= 11 is 0. The lowest BCUT2D eigenvalue weighted by atomic mass is 9.94. The zero-order valence-electron chi connectivity index (χ0n) is 5.26. The van der Waals surface area contributed by atoms with Crippen molar-refractivity contribution < 1.29 is 9.59 Å². The molecule has 1 saturated heterocycles. The summed E-state index contributed by atoms with van der Waals surface area (Å²) in [6.45, 7) is 3.09. The highest BCUT2D eigenvalue weighted by atomic mass is 16.2. The molecule has 2 amide bonds. The van der Waals surface area contributed by atoms with Crippen LogP contribution < -0.4 is 10.9 Å². The van der Waals surface area contributed by atoms with Crippen molar-refractivity contribution in [2.45, 2.75) is 13.8 Å². The molecule has 0 bridgehead atoms. The largest absolute Gasteiger partial charge is 0.277 e. The van der Waals surface area contributed by atoms with E-state index >= 15 is 0 Å². The van der Waals surface area contributed by atoms with Crippen LogP contribution in [0.15, 0.2) is 0 Å². The Labute approximate surface area is 52.6 Å². The van der Waals surface area contributed by atoms with E-state index in [4.69, 9.17) is 0 Å². The van der Waals surface area contributed by atoms with Crippen LogP contribution in [0.4, 0.5) is 0 Å². The lowest BCUT2D eigenvalue weighted by Gasteiger charge is -2.05. The third-order valence-electron chi connectivity index (χ3n) is 1.36. The Morgan fingerprint density at radius 3 is 2.11 bits per heavy atom. The quantitative estimate of drug-likeness (QED) is 0.432. The van der Waals surface area contributed by atoms with Gasteiger partial charge >= 0.3 is 0 Å². The summed E-state index contributed by atoms with van der Waals surface area (Å²) in [6.07, 6.45) is 0. The van der Waals surface area contributed by atoms with E-state index in [0.717, 1.165) is 0 Å². The van der Waals surface area contributed by atoms with Crippen LogP contribution in [-0.2, 0) is 9.59 Å². The molecule has 1 rings (SSSR count). The van der Waals surface area contributed by atoms with E-state index in [0.29, 0.717) is 0 Å². The van der Waals surface area contributed by atoms with Crippen molar-refractivity contribution in [2.75, 3.05) is 0 Å². The molecule has 1 fully saturated rings. The fourth-order valence-corrected chi connectivity index (χ4v) is 0.478. The highest BCUT2D eigenvalue weighted by Gasteiger charge is 2.43. The molecule has 0 unspecified atom stereocenters. The predicted molar refractivity (Wildman–Crippen MR) is 29.1 cm³/mol. The van der Waals surface area contributed by atoms with Gasteiger partial charge in [-0.05, 0) is 13.8 Å². The number of hydrogen-bond donors (Lipinski definition) is 1. The van der Waals surface area contributed by atoms with E-state index in [1.807, 2.05) is 0 Å². The second-order valence-electron chi connectivity index (χ2n) is 2.48. The molecule has 0 saturated carbocycles. The SMILES string of the molecule is CC1(C)C(=O)[N]NC1=O. The van der Waals surface area contributed by atoms with E-state index in [9.17, 15) is 9.59 Å². The average molecular weight is 127 g/mol. The van der Waals surface area contributed by atoms with Crippen molar-refractivity contribution in [2.24, 2.45) is 5.41 Å². The first-order valence-electron chi connectivity index (χ1n) is 2.61. The number of carbonyl (C=O) groups is 2. The molecule has 0 aromatic carbocycles. The van der Waals surface area contributed by atoms with Crippen LogP contribution in [0.2, 0.25) is 0 Å². The molecule has 0 aromatic rings. The second-order valence-corrected chi connectivity index (χ2v) is 2.48. The Balaban J connectivity index is 2.91. The summed E-state index contributed by atoms with van der Waals surface area (Å²) in [5.74, 6) is -0.722. The first-order chi connectivity index (χ1) is 4.05. The summed E-state index contributed by atoms with van der Waals surface area (Å²) in [6, 6.07) is 0. The molecule has 9 heavy (non-hydrogen) atoms. The van der Waals surface area contributed by atoms with Crippen molar-refractivity contribution in [1.82, 2.24) is 10.9 Å². The van der Waals surface area contributed by atoms with E-state index in [-0.39, 0.29) is 5.91 Å².